The second-order valence-corrected chi connectivity index (χ2v) is 11.2. The molecule has 0 radical (unpaired) electrons. The molecule has 12 heteroatoms. The fraction of sp³-hybridized carbons (Fsp3) is 0.348. The molecule has 1 atom stereocenters. The molecule has 0 N–H and O–H groups in total. The number of esters is 1. The van der Waals surface area contributed by atoms with Crippen molar-refractivity contribution in [3.8, 4) is 11.6 Å². The molecule has 1 aliphatic carbocycles. The van der Waals surface area contributed by atoms with Crippen LogP contribution in [0.1, 0.15) is 37.1 Å². The number of benzene rings is 1. The van der Waals surface area contributed by atoms with Gasteiger partial charge in [-0.25, -0.2) is 13.4 Å². The van der Waals surface area contributed by atoms with Crippen molar-refractivity contribution in [2.24, 2.45) is 0 Å². The third-order valence-corrected chi connectivity index (χ3v) is 8.39. The van der Waals surface area contributed by atoms with E-state index in [0.717, 1.165) is 17.7 Å². The van der Waals surface area contributed by atoms with E-state index in [9.17, 15) is 13.2 Å². The molecule has 0 amide bonds. The first-order valence-electron chi connectivity index (χ1n) is 11.0. The van der Waals surface area contributed by atoms with Gasteiger partial charge in [-0.05, 0) is 72.4 Å². The number of sulfonamides is 1. The van der Waals surface area contributed by atoms with Crippen LogP contribution in [0, 0.1) is 0 Å². The van der Waals surface area contributed by atoms with Crippen LogP contribution in [0.3, 0.4) is 0 Å². The van der Waals surface area contributed by atoms with Crippen LogP contribution in [0.15, 0.2) is 52.1 Å². The van der Waals surface area contributed by atoms with Crippen molar-refractivity contribution in [3.63, 3.8) is 0 Å². The molecule has 0 fully saturated rings. The number of carbonyl (C=O) groups is 1. The zero-order valence-corrected chi connectivity index (χ0v) is 22.3. The first-order chi connectivity index (χ1) is 16.7. The van der Waals surface area contributed by atoms with Gasteiger partial charge in [-0.3, -0.25) is 9.48 Å². The maximum Gasteiger partial charge on any atom is 0.327 e. The molecule has 9 nitrogen and oxygen atoms in total. The van der Waals surface area contributed by atoms with Crippen molar-refractivity contribution in [2.45, 2.75) is 43.7 Å². The van der Waals surface area contributed by atoms with Crippen molar-refractivity contribution >= 4 is 43.5 Å². The van der Waals surface area contributed by atoms with Crippen LogP contribution in [0.25, 0.3) is 0 Å². The number of halogens is 2. The largest absolute Gasteiger partial charge is 0.465 e. The second-order valence-electron chi connectivity index (χ2n) is 7.95. The Kier molecular flexibility index (Phi) is 7.80. The monoisotopic (exact) mass is 582 g/mol. The average Bonchev–Trinajstić information content (AvgIpc) is 3.24. The number of ether oxygens (including phenoxy) is 2. The maximum atomic E-state index is 13.5. The highest BCUT2D eigenvalue weighted by atomic mass is 79.9. The van der Waals surface area contributed by atoms with Gasteiger partial charge >= 0.3 is 5.97 Å². The Morgan fingerprint density at radius 1 is 1.29 bits per heavy atom. The Morgan fingerprint density at radius 3 is 2.71 bits per heavy atom. The van der Waals surface area contributed by atoms with E-state index in [-0.39, 0.29) is 23.3 Å². The summed E-state index contributed by atoms with van der Waals surface area (Å²) in [4.78, 5) is 16.2. The van der Waals surface area contributed by atoms with E-state index in [1.54, 1.807) is 49.1 Å². The van der Waals surface area contributed by atoms with E-state index in [1.165, 1.54) is 16.6 Å². The molecule has 1 aliphatic rings. The molecular weight excluding hydrogens is 560 g/mol. The topological polar surface area (TPSA) is 104 Å². The van der Waals surface area contributed by atoms with Gasteiger partial charge in [0.05, 0.1) is 29.5 Å². The number of fused-ring (bicyclic) bond motifs is 1. The average molecular weight is 584 g/mol. The molecule has 0 unspecified atom stereocenters. The van der Waals surface area contributed by atoms with Crippen LogP contribution >= 0.6 is 27.5 Å². The van der Waals surface area contributed by atoms with Gasteiger partial charge in [0, 0.05) is 23.3 Å². The highest BCUT2D eigenvalue weighted by Crippen LogP contribution is 2.37. The Hall–Kier alpha value is -2.47. The number of nitrogens with zero attached hydrogens (tertiary/aromatic N) is 4. The molecule has 0 bridgehead atoms. The standard InChI is InChI=1S/C23H24BrClN4O5S/c1-3-33-22(30)14-29-21-6-4-5-20(18(21)13-27-29)28(2)35(31,32)17-11-19(24)23(26-12-17)34-16-9-7-15(25)8-10-16/h7-13,20H,3-6,14H2,1-2H3/t20-/m1/s1. The van der Waals surface area contributed by atoms with Crippen molar-refractivity contribution in [1.82, 2.24) is 19.1 Å². The van der Waals surface area contributed by atoms with Gasteiger partial charge in [0.25, 0.3) is 0 Å². The lowest BCUT2D eigenvalue weighted by molar-refractivity contribution is -0.144. The summed E-state index contributed by atoms with van der Waals surface area (Å²) in [6.45, 7) is 2.03. The Bertz CT molecular complexity index is 1330. The van der Waals surface area contributed by atoms with Crippen LogP contribution < -0.4 is 4.74 Å². The Morgan fingerprint density at radius 2 is 2.03 bits per heavy atom. The van der Waals surface area contributed by atoms with Gasteiger partial charge in [0.2, 0.25) is 15.9 Å². The predicted molar refractivity (Wildman–Crippen MR) is 133 cm³/mol. The first kappa shape index (κ1) is 25.6. The number of pyridine rings is 1. The minimum atomic E-state index is -3.88. The van der Waals surface area contributed by atoms with Gasteiger partial charge in [-0.2, -0.15) is 9.40 Å². The lowest BCUT2D eigenvalue weighted by Crippen LogP contribution is -2.33. The summed E-state index contributed by atoms with van der Waals surface area (Å²) in [7, 11) is -2.34. The number of hydrogen-bond acceptors (Lipinski definition) is 7. The molecule has 0 saturated carbocycles. The second kappa shape index (κ2) is 10.7. The predicted octanol–water partition coefficient (Wildman–Crippen LogP) is 4.75. The molecule has 186 valence electrons. The van der Waals surface area contributed by atoms with Crippen LogP contribution in [0.5, 0.6) is 11.6 Å². The molecule has 0 saturated heterocycles. The number of rotatable bonds is 8. The molecule has 2 heterocycles. The van der Waals surface area contributed by atoms with Crippen molar-refractivity contribution in [2.75, 3.05) is 13.7 Å². The molecule has 35 heavy (non-hydrogen) atoms. The van der Waals surface area contributed by atoms with E-state index in [4.69, 9.17) is 21.1 Å². The molecular formula is C23H24BrClN4O5S. The van der Waals surface area contributed by atoms with Crippen molar-refractivity contribution in [3.05, 3.63) is 63.5 Å². The summed E-state index contributed by atoms with van der Waals surface area (Å²) < 4.78 is 41.0. The van der Waals surface area contributed by atoms with E-state index in [0.29, 0.717) is 34.7 Å². The highest BCUT2D eigenvalue weighted by Gasteiger charge is 2.35. The molecule has 0 aliphatic heterocycles. The highest BCUT2D eigenvalue weighted by molar-refractivity contribution is 9.10. The number of hydrogen-bond donors (Lipinski definition) is 0. The normalized spacial score (nSPS) is 15.6. The Balaban J connectivity index is 1.56. The van der Waals surface area contributed by atoms with E-state index in [1.807, 2.05) is 0 Å². The third kappa shape index (κ3) is 5.53. The molecule has 2 aromatic heterocycles. The molecule has 1 aromatic carbocycles. The van der Waals surface area contributed by atoms with Crippen LogP contribution in [0.4, 0.5) is 0 Å². The first-order valence-corrected chi connectivity index (χ1v) is 13.6. The zero-order chi connectivity index (χ0) is 25.2. The van der Waals surface area contributed by atoms with Crippen molar-refractivity contribution < 1.29 is 22.7 Å². The van der Waals surface area contributed by atoms with E-state index >= 15 is 0 Å². The summed E-state index contributed by atoms with van der Waals surface area (Å²) in [5, 5.41) is 4.90. The summed E-state index contributed by atoms with van der Waals surface area (Å²) in [6, 6.07) is 7.81. The lowest BCUT2D eigenvalue weighted by atomic mass is 9.93. The maximum absolute atomic E-state index is 13.5. The summed E-state index contributed by atoms with van der Waals surface area (Å²) in [5.74, 6) is 0.373. The minimum absolute atomic E-state index is 0.00168. The third-order valence-electron chi connectivity index (χ3n) is 5.74. The van der Waals surface area contributed by atoms with Gasteiger partial charge in [-0.1, -0.05) is 11.6 Å². The summed E-state index contributed by atoms with van der Waals surface area (Å²) in [5.41, 5.74) is 1.64. The zero-order valence-electron chi connectivity index (χ0n) is 19.1. The Labute approximate surface area is 217 Å². The lowest BCUT2D eigenvalue weighted by Gasteiger charge is -2.30. The van der Waals surface area contributed by atoms with Gasteiger partial charge in [0.1, 0.15) is 17.2 Å². The van der Waals surface area contributed by atoms with Crippen LogP contribution in [-0.4, -0.2) is 47.1 Å². The van der Waals surface area contributed by atoms with Crippen LogP contribution in [-0.2, 0) is 32.5 Å². The van der Waals surface area contributed by atoms with Gasteiger partial charge in [-0.15, -0.1) is 0 Å². The smallest absolute Gasteiger partial charge is 0.327 e. The molecule has 4 rings (SSSR count). The number of aromatic nitrogens is 3. The van der Waals surface area contributed by atoms with Crippen LogP contribution in [0.2, 0.25) is 5.02 Å². The van der Waals surface area contributed by atoms with E-state index < -0.39 is 16.1 Å². The van der Waals surface area contributed by atoms with Gasteiger partial charge < -0.3 is 9.47 Å². The van der Waals surface area contributed by atoms with Gasteiger partial charge in [0.15, 0.2) is 0 Å². The fourth-order valence-corrected chi connectivity index (χ4v) is 6.06. The minimum Gasteiger partial charge on any atom is -0.465 e. The molecule has 0 spiro atoms. The molecule has 3 aromatic rings. The summed E-state index contributed by atoms with van der Waals surface area (Å²) >= 11 is 9.27. The number of carbonyl (C=O) groups excluding carboxylic acids is 1. The SMILES string of the molecule is CCOC(=O)Cn1ncc2c1CCC[C@H]2N(C)S(=O)(=O)c1cnc(Oc2ccc(Cl)cc2)c(Br)c1. The fourth-order valence-electron chi connectivity index (χ4n) is 4.01. The van der Waals surface area contributed by atoms with E-state index in [2.05, 4.69) is 26.0 Å². The summed E-state index contributed by atoms with van der Waals surface area (Å²) in [6.07, 6.45) is 5.03. The van der Waals surface area contributed by atoms with Crippen molar-refractivity contribution in [1.29, 1.82) is 0 Å². The quantitative estimate of drug-likeness (QED) is 0.353.